The summed E-state index contributed by atoms with van der Waals surface area (Å²) < 4.78 is 14.2. The molecule has 4 rings (SSSR count). The molecule has 0 aliphatic heterocycles. The molecule has 4 nitrogen and oxygen atoms in total. The number of H-pyrrole nitrogens is 1. The molecule has 0 spiro atoms. The number of rotatable bonds is 5. The van der Waals surface area contributed by atoms with E-state index in [0.717, 1.165) is 31.4 Å². The first-order chi connectivity index (χ1) is 12.6. The van der Waals surface area contributed by atoms with Crippen LogP contribution in [0.5, 0.6) is 0 Å². The zero-order valence-corrected chi connectivity index (χ0v) is 15.4. The maximum atomic E-state index is 14.2. The molecule has 0 atom stereocenters. The maximum Gasteiger partial charge on any atom is 0.257 e. The van der Waals surface area contributed by atoms with E-state index in [1.54, 1.807) is 23.2 Å². The first-order valence-electron chi connectivity index (χ1n) is 9.42. The summed E-state index contributed by atoms with van der Waals surface area (Å²) in [5.41, 5.74) is 1.97. The third kappa shape index (κ3) is 3.50. The van der Waals surface area contributed by atoms with Crippen LogP contribution in [0.4, 0.5) is 4.39 Å². The molecule has 1 amide bonds. The summed E-state index contributed by atoms with van der Waals surface area (Å²) in [6.45, 7) is 0.199. The standard InChI is InChI=1S/C20H23ClFN3O/c21-17-7-4-8-18(22)16(17)12-25(14-9-10-14)20(26)15-11-23-24-19(15)13-5-2-1-3-6-13/h4,7-8,11,13-14H,1-3,5-6,9-10,12H2,(H,23,24). The second-order valence-electron chi connectivity index (χ2n) is 7.40. The predicted octanol–water partition coefficient (Wildman–Crippen LogP) is 5.05. The Balaban J connectivity index is 1.60. The third-order valence-corrected chi connectivity index (χ3v) is 5.91. The monoisotopic (exact) mass is 375 g/mol. The van der Waals surface area contributed by atoms with E-state index >= 15 is 0 Å². The van der Waals surface area contributed by atoms with Crippen LogP contribution in [-0.4, -0.2) is 27.0 Å². The minimum atomic E-state index is -0.365. The molecule has 2 aliphatic carbocycles. The van der Waals surface area contributed by atoms with Crippen molar-refractivity contribution in [2.75, 3.05) is 0 Å². The molecule has 2 aliphatic rings. The third-order valence-electron chi connectivity index (χ3n) is 5.55. The number of benzene rings is 1. The number of aromatic nitrogens is 2. The van der Waals surface area contributed by atoms with Crippen molar-refractivity contribution in [3.8, 4) is 0 Å². The van der Waals surface area contributed by atoms with Gasteiger partial charge in [0.25, 0.3) is 5.91 Å². The number of halogens is 2. The van der Waals surface area contributed by atoms with E-state index in [1.165, 1.54) is 25.3 Å². The predicted molar refractivity (Wildman–Crippen MR) is 98.7 cm³/mol. The van der Waals surface area contributed by atoms with Crippen LogP contribution in [0.1, 0.15) is 72.5 Å². The highest BCUT2D eigenvalue weighted by atomic mass is 35.5. The van der Waals surface area contributed by atoms with Crippen LogP contribution < -0.4 is 0 Å². The molecular formula is C20H23ClFN3O. The van der Waals surface area contributed by atoms with Gasteiger partial charge in [-0.15, -0.1) is 0 Å². The summed E-state index contributed by atoms with van der Waals surface area (Å²) >= 11 is 6.18. The highest BCUT2D eigenvalue weighted by Crippen LogP contribution is 2.36. The molecule has 0 bridgehead atoms. The first kappa shape index (κ1) is 17.5. The molecule has 0 unspecified atom stereocenters. The Kier molecular flexibility index (Phi) is 4.98. The SMILES string of the molecule is O=C(c1cn[nH]c1C1CCCCC1)N(Cc1c(F)cccc1Cl)C1CC1. The lowest BCUT2D eigenvalue weighted by Gasteiger charge is -2.25. The normalized spacial score (nSPS) is 18.1. The summed E-state index contributed by atoms with van der Waals surface area (Å²) in [6, 6.07) is 4.80. The molecule has 26 heavy (non-hydrogen) atoms. The highest BCUT2D eigenvalue weighted by Gasteiger charge is 2.36. The van der Waals surface area contributed by atoms with Gasteiger partial charge in [-0.05, 0) is 37.8 Å². The van der Waals surface area contributed by atoms with E-state index in [-0.39, 0.29) is 24.3 Å². The molecule has 2 saturated carbocycles. The minimum Gasteiger partial charge on any atom is -0.331 e. The van der Waals surface area contributed by atoms with Crippen molar-refractivity contribution in [3.63, 3.8) is 0 Å². The van der Waals surface area contributed by atoms with E-state index in [2.05, 4.69) is 10.2 Å². The van der Waals surface area contributed by atoms with Crippen molar-refractivity contribution in [1.29, 1.82) is 0 Å². The van der Waals surface area contributed by atoms with Crippen molar-refractivity contribution < 1.29 is 9.18 Å². The lowest BCUT2D eigenvalue weighted by Crippen LogP contribution is -2.33. The van der Waals surface area contributed by atoms with E-state index in [0.29, 0.717) is 22.1 Å². The van der Waals surface area contributed by atoms with Crippen LogP contribution in [0.3, 0.4) is 0 Å². The molecule has 1 heterocycles. The summed E-state index contributed by atoms with van der Waals surface area (Å²) in [4.78, 5) is 15.0. The number of amides is 1. The number of carbonyl (C=O) groups excluding carboxylic acids is 1. The summed E-state index contributed by atoms with van der Waals surface area (Å²) in [5, 5.41) is 7.57. The second-order valence-corrected chi connectivity index (χ2v) is 7.80. The van der Waals surface area contributed by atoms with Crippen LogP contribution in [-0.2, 0) is 6.54 Å². The number of hydrogen-bond donors (Lipinski definition) is 1. The van der Waals surface area contributed by atoms with Crippen LogP contribution in [0.15, 0.2) is 24.4 Å². The largest absolute Gasteiger partial charge is 0.331 e. The van der Waals surface area contributed by atoms with Crippen molar-refractivity contribution >= 4 is 17.5 Å². The van der Waals surface area contributed by atoms with Crippen LogP contribution in [0.2, 0.25) is 5.02 Å². The number of hydrogen-bond acceptors (Lipinski definition) is 2. The molecule has 6 heteroatoms. The highest BCUT2D eigenvalue weighted by molar-refractivity contribution is 6.31. The molecule has 0 saturated heterocycles. The van der Waals surface area contributed by atoms with E-state index in [4.69, 9.17) is 11.6 Å². The molecule has 138 valence electrons. The van der Waals surface area contributed by atoms with Gasteiger partial charge >= 0.3 is 0 Å². The van der Waals surface area contributed by atoms with Gasteiger partial charge in [0.1, 0.15) is 5.82 Å². The zero-order valence-electron chi connectivity index (χ0n) is 14.7. The minimum absolute atomic E-state index is 0.0684. The number of carbonyl (C=O) groups is 1. The van der Waals surface area contributed by atoms with Crippen molar-refractivity contribution in [3.05, 3.63) is 52.1 Å². The van der Waals surface area contributed by atoms with E-state index < -0.39 is 0 Å². The van der Waals surface area contributed by atoms with Crippen molar-refractivity contribution in [2.45, 2.75) is 63.5 Å². The molecule has 0 radical (unpaired) electrons. The molecular weight excluding hydrogens is 353 g/mol. The van der Waals surface area contributed by atoms with E-state index in [9.17, 15) is 9.18 Å². The average Bonchev–Trinajstić information content (AvgIpc) is 3.37. The Morgan fingerprint density at radius 2 is 2.00 bits per heavy atom. The van der Waals surface area contributed by atoms with Crippen LogP contribution in [0, 0.1) is 5.82 Å². The fourth-order valence-electron chi connectivity index (χ4n) is 3.93. The van der Waals surface area contributed by atoms with Gasteiger partial charge in [-0.25, -0.2) is 4.39 Å². The van der Waals surface area contributed by atoms with Gasteiger partial charge < -0.3 is 4.90 Å². The lowest BCUT2D eigenvalue weighted by molar-refractivity contribution is 0.0726. The quantitative estimate of drug-likeness (QED) is 0.794. The van der Waals surface area contributed by atoms with Gasteiger partial charge in [-0.3, -0.25) is 9.89 Å². The Morgan fingerprint density at radius 1 is 1.23 bits per heavy atom. The second kappa shape index (κ2) is 7.39. The fraction of sp³-hybridized carbons (Fsp3) is 0.500. The molecule has 1 aromatic heterocycles. The van der Waals surface area contributed by atoms with Crippen molar-refractivity contribution in [1.82, 2.24) is 15.1 Å². The first-order valence-corrected chi connectivity index (χ1v) is 9.80. The topological polar surface area (TPSA) is 49.0 Å². The van der Waals surface area contributed by atoms with Gasteiger partial charge in [-0.2, -0.15) is 5.10 Å². The van der Waals surface area contributed by atoms with Gasteiger partial charge in [0, 0.05) is 22.5 Å². The van der Waals surface area contributed by atoms with Crippen LogP contribution in [0.25, 0.3) is 0 Å². The summed E-state index contributed by atoms with van der Waals surface area (Å²) in [6.07, 6.45) is 9.35. The summed E-state index contributed by atoms with van der Waals surface area (Å²) in [5.74, 6) is -0.0694. The fourth-order valence-corrected chi connectivity index (χ4v) is 4.15. The van der Waals surface area contributed by atoms with E-state index in [1.807, 2.05) is 0 Å². The van der Waals surface area contributed by atoms with Gasteiger partial charge in [0.15, 0.2) is 0 Å². The van der Waals surface area contributed by atoms with Gasteiger partial charge in [-0.1, -0.05) is 36.9 Å². The molecule has 1 N–H and O–H groups in total. The Hall–Kier alpha value is -1.88. The van der Waals surface area contributed by atoms with Crippen LogP contribution >= 0.6 is 11.6 Å². The number of nitrogens with zero attached hydrogens (tertiary/aromatic N) is 2. The Bertz CT molecular complexity index is 776. The van der Waals surface area contributed by atoms with Crippen molar-refractivity contribution in [2.24, 2.45) is 0 Å². The molecule has 2 fully saturated rings. The molecule has 1 aromatic carbocycles. The van der Waals surface area contributed by atoms with Gasteiger partial charge in [0.05, 0.1) is 24.0 Å². The number of aromatic amines is 1. The summed E-state index contributed by atoms with van der Waals surface area (Å²) in [7, 11) is 0. The maximum absolute atomic E-state index is 14.2. The number of nitrogens with one attached hydrogen (secondary N) is 1. The average molecular weight is 376 g/mol. The zero-order chi connectivity index (χ0) is 18.1. The van der Waals surface area contributed by atoms with Gasteiger partial charge in [0.2, 0.25) is 0 Å². The smallest absolute Gasteiger partial charge is 0.257 e. The Labute approximate surface area is 157 Å². The molecule has 2 aromatic rings. The Morgan fingerprint density at radius 3 is 2.69 bits per heavy atom. The lowest BCUT2D eigenvalue weighted by atomic mass is 9.85.